The molecule has 0 saturated carbocycles. The van der Waals surface area contributed by atoms with Crippen LogP contribution in [0.25, 0.3) is 0 Å². The lowest BCUT2D eigenvalue weighted by Gasteiger charge is -2.27. The van der Waals surface area contributed by atoms with E-state index in [1.807, 2.05) is 24.3 Å². The minimum Gasteiger partial charge on any atom is -0.352 e. The van der Waals surface area contributed by atoms with Crippen molar-refractivity contribution in [3.05, 3.63) is 29.8 Å². The lowest BCUT2D eigenvalue weighted by atomic mass is 9.84. The van der Waals surface area contributed by atoms with Gasteiger partial charge in [0.25, 0.3) is 0 Å². The van der Waals surface area contributed by atoms with E-state index in [4.69, 9.17) is 0 Å². The Balaban J connectivity index is 1.80. The maximum absolute atomic E-state index is 12.2. The average Bonchev–Trinajstić information content (AvgIpc) is 2.61. The average molecular weight is 346 g/mol. The van der Waals surface area contributed by atoms with E-state index in [1.165, 1.54) is 4.90 Å². The highest BCUT2D eigenvalue weighted by atomic mass is 16.2. The molecule has 3 N–H and O–H groups in total. The van der Waals surface area contributed by atoms with Gasteiger partial charge in [0.05, 0.1) is 0 Å². The summed E-state index contributed by atoms with van der Waals surface area (Å²) in [5.41, 5.74) is 1.70. The van der Waals surface area contributed by atoms with Crippen molar-refractivity contribution in [2.45, 2.75) is 32.7 Å². The fourth-order valence-corrected chi connectivity index (χ4v) is 3.14. The highest BCUT2D eigenvalue weighted by Crippen LogP contribution is 2.24. The second kappa shape index (κ2) is 9.42. The number of rotatable bonds is 6. The summed E-state index contributed by atoms with van der Waals surface area (Å²) in [7, 11) is 3.39. The van der Waals surface area contributed by atoms with E-state index in [-0.39, 0.29) is 11.9 Å². The predicted octanol–water partition coefficient (Wildman–Crippen LogP) is 2.42. The molecule has 0 aliphatic carbocycles. The van der Waals surface area contributed by atoms with Crippen LogP contribution in [0.5, 0.6) is 0 Å². The van der Waals surface area contributed by atoms with Crippen molar-refractivity contribution in [1.29, 1.82) is 0 Å². The van der Waals surface area contributed by atoms with Gasteiger partial charge in [-0.1, -0.05) is 19.1 Å². The van der Waals surface area contributed by atoms with Crippen LogP contribution in [-0.4, -0.2) is 44.0 Å². The van der Waals surface area contributed by atoms with Gasteiger partial charge in [0, 0.05) is 32.7 Å². The Bertz CT molecular complexity index is 583. The lowest BCUT2D eigenvalue weighted by Crippen LogP contribution is -2.33. The van der Waals surface area contributed by atoms with Crippen molar-refractivity contribution in [1.82, 2.24) is 15.5 Å². The largest absolute Gasteiger partial charge is 0.352 e. The Hall–Kier alpha value is -2.08. The molecule has 0 bridgehead atoms. The molecule has 25 heavy (non-hydrogen) atoms. The van der Waals surface area contributed by atoms with E-state index in [9.17, 15) is 9.59 Å². The molecule has 6 heteroatoms. The molecular formula is C19H30N4O2. The highest BCUT2D eigenvalue weighted by molar-refractivity contribution is 5.89. The normalized spacial score (nSPS) is 16.1. The van der Waals surface area contributed by atoms with Gasteiger partial charge in [-0.15, -0.1) is 0 Å². The number of anilines is 1. The van der Waals surface area contributed by atoms with Crippen LogP contribution in [0.15, 0.2) is 24.3 Å². The Morgan fingerprint density at radius 1 is 1.28 bits per heavy atom. The van der Waals surface area contributed by atoms with E-state index in [0.29, 0.717) is 24.8 Å². The molecule has 0 aromatic heterocycles. The molecule has 0 spiro atoms. The third-order valence-corrected chi connectivity index (χ3v) is 4.77. The molecule has 3 amide bonds. The zero-order valence-electron chi connectivity index (χ0n) is 15.5. The van der Waals surface area contributed by atoms with E-state index in [2.05, 4.69) is 22.9 Å². The van der Waals surface area contributed by atoms with Crippen LogP contribution in [0.1, 0.15) is 31.7 Å². The molecule has 1 fully saturated rings. The summed E-state index contributed by atoms with van der Waals surface area (Å²) < 4.78 is 0. The number of amides is 3. The summed E-state index contributed by atoms with van der Waals surface area (Å²) in [6.07, 6.45) is 2.88. The number of benzene rings is 1. The number of hydrogen-bond donors (Lipinski definition) is 3. The van der Waals surface area contributed by atoms with Crippen LogP contribution in [0, 0.1) is 11.8 Å². The van der Waals surface area contributed by atoms with Gasteiger partial charge in [0.15, 0.2) is 0 Å². The molecule has 0 radical (unpaired) electrons. The summed E-state index contributed by atoms with van der Waals surface area (Å²) >= 11 is 0. The first kappa shape index (κ1) is 19.2. The SMILES string of the molecule is CC(CC(=O)NCc1cccc(NC(=O)N(C)C)c1)C1CCNCC1. The quantitative estimate of drug-likeness (QED) is 0.741. The molecule has 1 saturated heterocycles. The molecule has 138 valence electrons. The van der Waals surface area contributed by atoms with Crippen molar-refractivity contribution in [3.8, 4) is 0 Å². The smallest absolute Gasteiger partial charge is 0.321 e. The van der Waals surface area contributed by atoms with Crippen molar-refractivity contribution < 1.29 is 9.59 Å². The van der Waals surface area contributed by atoms with Crippen LogP contribution >= 0.6 is 0 Å². The van der Waals surface area contributed by atoms with Gasteiger partial charge in [-0.25, -0.2) is 4.79 Å². The first-order valence-electron chi connectivity index (χ1n) is 9.00. The summed E-state index contributed by atoms with van der Waals surface area (Å²) in [6, 6.07) is 7.38. The first-order valence-corrected chi connectivity index (χ1v) is 9.00. The van der Waals surface area contributed by atoms with E-state index < -0.39 is 0 Å². The molecule has 1 heterocycles. The minimum atomic E-state index is -0.169. The number of carbonyl (C=O) groups excluding carboxylic acids is 2. The number of urea groups is 1. The monoisotopic (exact) mass is 346 g/mol. The number of nitrogens with one attached hydrogen (secondary N) is 3. The summed E-state index contributed by atoms with van der Waals surface area (Å²) in [5, 5.41) is 9.17. The van der Waals surface area contributed by atoms with E-state index in [0.717, 1.165) is 37.2 Å². The minimum absolute atomic E-state index is 0.0914. The van der Waals surface area contributed by atoms with Crippen molar-refractivity contribution in [2.24, 2.45) is 11.8 Å². The first-order chi connectivity index (χ1) is 12.0. The van der Waals surface area contributed by atoms with E-state index >= 15 is 0 Å². The summed E-state index contributed by atoms with van der Waals surface area (Å²) in [5.74, 6) is 1.14. The molecule has 1 aromatic rings. The zero-order chi connectivity index (χ0) is 18.2. The molecule has 1 aliphatic rings. The maximum Gasteiger partial charge on any atom is 0.321 e. The molecule has 1 aliphatic heterocycles. The number of carbonyl (C=O) groups is 2. The van der Waals surface area contributed by atoms with Gasteiger partial charge < -0.3 is 20.9 Å². The van der Waals surface area contributed by atoms with E-state index in [1.54, 1.807) is 14.1 Å². The van der Waals surface area contributed by atoms with Gasteiger partial charge >= 0.3 is 6.03 Å². The fourth-order valence-electron chi connectivity index (χ4n) is 3.14. The molecule has 6 nitrogen and oxygen atoms in total. The topological polar surface area (TPSA) is 73.5 Å². The van der Waals surface area contributed by atoms with Crippen molar-refractivity contribution in [2.75, 3.05) is 32.5 Å². The summed E-state index contributed by atoms with van der Waals surface area (Å²) in [4.78, 5) is 25.4. The zero-order valence-corrected chi connectivity index (χ0v) is 15.5. The molecule has 1 atom stereocenters. The van der Waals surface area contributed by atoms with Crippen LogP contribution in [0.2, 0.25) is 0 Å². The molecule has 1 aromatic carbocycles. The summed E-state index contributed by atoms with van der Waals surface area (Å²) in [6.45, 7) is 4.76. The standard InChI is InChI=1S/C19H30N4O2/c1-14(16-7-9-20-10-8-16)11-18(24)21-13-15-5-4-6-17(12-15)22-19(25)23(2)3/h4-6,12,14,16,20H,7-11,13H2,1-3H3,(H,21,24)(H,22,25). The third-order valence-electron chi connectivity index (χ3n) is 4.77. The number of nitrogens with zero attached hydrogens (tertiary/aromatic N) is 1. The third kappa shape index (κ3) is 6.38. The molecule has 1 unspecified atom stereocenters. The van der Waals surface area contributed by atoms with Gasteiger partial charge in [0.2, 0.25) is 5.91 Å². The van der Waals surface area contributed by atoms with Crippen LogP contribution in [0.4, 0.5) is 10.5 Å². The number of piperidine rings is 1. The lowest BCUT2D eigenvalue weighted by molar-refractivity contribution is -0.122. The Morgan fingerprint density at radius 3 is 2.68 bits per heavy atom. The highest BCUT2D eigenvalue weighted by Gasteiger charge is 2.21. The Labute approximate surface area is 150 Å². The second-order valence-corrected chi connectivity index (χ2v) is 7.07. The van der Waals surface area contributed by atoms with Gasteiger partial charge in [-0.3, -0.25) is 4.79 Å². The molecular weight excluding hydrogens is 316 g/mol. The predicted molar refractivity (Wildman–Crippen MR) is 100 cm³/mol. The second-order valence-electron chi connectivity index (χ2n) is 7.07. The van der Waals surface area contributed by atoms with Gasteiger partial charge in [0.1, 0.15) is 0 Å². The van der Waals surface area contributed by atoms with Crippen LogP contribution in [0.3, 0.4) is 0 Å². The van der Waals surface area contributed by atoms with Crippen molar-refractivity contribution >= 4 is 17.6 Å². The molecule has 2 rings (SSSR count). The van der Waals surface area contributed by atoms with Crippen LogP contribution < -0.4 is 16.0 Å². The van der Waals surface area contributed by atoms with Gasteiger partial charge in [-0.2, -0.15) is 0 Å². The fraction of sp³-hybridized carbons (Fsp3) is 0.579. The van der Waals surface area contributed by atoms with Gasteiger partial charge in [-0.05, 0) is 55.5 Å². The Kier molecular flexibility index (Phi) is 7.25. The van der Waals surface area contributed by atoms with Crippen molar-refractivity contribution in [3.63, 3.8) is 0 Å². The maximum atomic E-state index is 12.2. The van der Waals surface area contributed by atoms with Crippen LogP contribution in [-0.2, 0) is 11.3 Å². The Morgan fingerprint density at radius 2 is 2.00 bits per heavy atom. The number of hydrogen-bond acceptors (Lipinski definition) is 3.